The van der Waals surface area contributed by atoms with Gasteiger partial charge in [0.05, 0.1) is 49.6 Å². The van der Waals surface area contributed by atoms with Crippen LogP contribution < -0.4 is 9.64 Å². The van der Waals surface area contributed by atoms with E-state index in [1.54, 1.807) is 24.2 Å². The van der Waals surface area contributed by atoms with E-state index in [0.29, 0.717) is 12.2 Å². The molecule has 3 aliphatic heterocycles. The zero-order valence-electron chi connectivity index (χ0n) is 14.4. The van der Waals surface area contributed by atoms with Crippen LogP contribution in [0.4, 0.5) is 5.69 Å². The number of imide groups is 1. The number of carbonyl (C=O) groups excluding carboxylic acids is 2. The molecule has 0 unspecified atom stereocenters. The molecule has 1 aromatic heterocycles. The van der Waals surface area contributed by atoms with Crippen LogP contribution in [0.2, 0.25) is 0 Å². The number of hydrogen-bond acceptors (Lipinski definition) is 5. The lowest BCUT2D eigenvalue weighted by molar-refractivity contribution is -0.124. The zero-order valence-corrected chi connectivity index (χ0v) is 14.4. The first-order valence-electron chi connectivity index (χ1n) is 8.84. The quantitative estimate of drug-likeness (QED) is 0.781. The summed E-state index contributed by atoms with van der Waals surface area (Å²) in [6.45, 7) is 0.536. The minimum absolute atomic E-state index is 0.0988. The first-order chi connectivity index (χ1) is 12.7. The fourth-order valence-corrected chi connectivity index (χ4v) is 4.48. The number of amides is 2. The van der Waals surface area contributed by atoms with Gasteiger partial charge < -0.3 is 9.47 Å². The van der Waals surface area contributed by atoms with Crippen LogP contribution in [-0.2, 0) is 20.9 Å². The highest BCUT2D eigenvalue weighted by Crippen LogP contribution is 2.49. The van der Waals surface area contributed by atoms with E-state index in [2.05, 4.69) is 5.10 Å². The Kier molecular flexibility index (Phi) is 3.40. The second kappa shape index (κ2) is 5.67. The van der Waals surface area contributed by atoms with Gasteiger partial charge in [-0.15, -0.1) is 0 Å². The van der Waals surface area contributed by atoms with Crippen molar-refractivity contribution in [1.82, 2.24) is 9.78 Å². The van der Waals surface area contributed by atoms with Crippen LogP contribution >= 0.6 is 0 Å². The third-order valence-corrected chi connectivity index (χ3v) is 5.64. The molecule has 7 heteroatoms. The van der Waals surface area contributed by atoms with Gasteiger partial charge in [-0.3, -0.25) is 14.3 Å². The molecule has 26 heavy (non-hydrogen) atoms. The topological polar surface area (TPSA) is 73.7 Å². The molecule has 3 saturated heterocycles. The highest BCUT2D eigenvalue weighted by Gasteiger charge is 2.62. The molecule has 4 heterocycles. The Morgan fingerprint density at radius 3 is 2.62 bits per heavy atom. The molecule has 4 atom stereocenters. The molecule has 0 N–H and O–H groups in total. The summed E-state index contributed by atoms with van der Waals surface area (Å²) in [4.78, 5) is 26.9. The van der Waals surface area contributed by atoms with Crippen molar-refractivity contribution < 1.29 is 19.1 Å². The predicted molar refractivity (Wildman–Crippen MR) is 91.7 cm³/mol. The number of carbonyl (C=O) groups is 2. The van der Waals surface area contributed by atoms with Crippen molar-refractivity contribution in [2.24, 2.45) is 11.8 Å². The van der Waals surface area contributed by atoms with Crippen LogP contribution in [0.15, 0.2) is 36.7 Å². The lowest BCUT2D eigenvalue weighted by Crippen LogP contribution is -2.33. The van der Waals surface area contributed by atoms with Gasteiger partial charge in [0.25, 0.3) is 0 Å². The van der Waals surface area contributed by atoms with E-state index >= 15 is 0 Å². The lowest BCUT2D eigenvalue weighted by atomic mass is 9.81. The summed E-state index contributed by atoms with van der Waals surface area (Å²) < 4.78 is 12.7. The molecule has 0 aliphatic carbocycles. The third kappa shape index (κ3) is 2.20. The molecule has 0 radical (unpaired) electrons. The molecule has 2 amide bonds. The van der Waals surface area contributed by atoms with E-state index in [9.17, 15) is 9.59 Å². The van der Waals surface area contributed by atoms with Gasteiger partial charge in [0.1, 0.15) is 5.75 Å². The van der Waals surface area contributed by atoms with E-state index in [4.69, 9.17) is 9.47 Å². The Morgan fingerprint density at radius 1 is 1.19 bits per heavy atom. The van der Waals surface area contributed by atoms with E-state index in [-0.39, 0.29) is 35.9 Å². The second-order valence-corrected chi connectivity index (χ2v) is 7.10. The van der Waals surface area contributed by atoms with Crippen LogP contribution in [0.25, 0.3) is 0 Å². The Hall–Kier alpha value is -2.67. The summed E-state index contributed by atoms with van der Waals surface area (Å²) >= 11 is 0. The minimum Gasteiger partial charge on any atom is -0.497 e. The molecule has 0 spiro atoms. The molecule has 2 bridgehead atoms. The first kappa shape index (κ1) is 15.6. The Balaban J connectivity index is 1.38. The third-order valence-electron chi connectivity index (χ3n) is 5.64. The summed E-state index contributed by atoms with van der Waals surface area (Å²) in [6, 6.07) is 7.72. The highest BCUT2D eigenvalue weighted by atomic mass is 16.5. The van der Waals surface area contributed by atoms with Crippen LogP contribution in [0.3, 0.4) is 0 Å². The number of fused-ring (bicyclic) bond motifs is 5. The Morgan fingerprint density at radius 2 is 1.92 bits per heavy atom. The van der Waals surface area contributed by atoms with Crippen LogP contribution in [0, 0.1) is 11.8 Å². The molecule has 134 valence electrons. The van der Waals surface area contributed by atoms with Crippen molar-refractivity contribution in [3.63, 3.8) is 0 Å². The average Bonchev–Trinajstić information content (AvgIpc) is 3.40. The Bertz CT molecular complexity index is 864. The monoisotopic (exact) mass is 353 g/mol. The number of anilines is 1. The van der Waals surface area contributed by atoms with Crippen LogP contribution in [0.5, 0.6) is 5.75 Å². The van der Waals surface area contributed by atoms with Gasteiger partial charge in [0, 0.05) is 6.20 Å². The fourth-order valence-electron chi connectivity index (χ4n) is 4.48. The van der Waals surface area contributed by atoms with Gasteiger partial charge in [-0.2, -0.15) is 5.10 Å². The van der Waals surface area contributed by atoms with Crippen LogP contribution in [0.1, 0.15) is 18.4 Å². The van der Waals surface area contributed by atoms with Gasteiger partial charge in [-0.1, -0.05) is 12.1 Å². The molecule has 1 aromatic carbocycles. The Labute approximate surface area is 150 Å². The number of nitrogens with zero attached hydrogens (tertiary/aromatic N) is 3. The van der Waals surface area contributed by atoms with Crippen molar-refractivity contribution in [3.8, 4) is 5.75 Å². The maximum Gasteiger partial charge on any atom is 0.240 e. The largest absolute Gasteiger partial charge is 0.497 e. The van der Waals surface area contributed by atoms with E-state index < -0.39 is 0 Å². The minimum atomic E-state index is -0.317. The van der Waals surface area contributed by atoms with Gasteiger partial charge in [-0.25, -0.2) is 4.90 Å². The second-order valence-electron chi connectivity index (χ2n) is 7.10. The van der Waals surface area contributed by atoms with Crippen molar-refractivity contribution in [2.45, 2.75) is 31.6 Å². The molecule has 5 rings (SSSR count). The number of hydrogen-bond donors (Lipinski definition) is 0. The van der Waals surface area contributed by atoms with Crippen molar-refractivity contribution >= 4 is 17.5 Å². The van der Waals surface area contributed by atoms with Crippen molar-refractivity contribution in [2.75, 3.05) is 12.0 Å². The first-order valence-corrected chi connectivity index (χ1v) is 8.84. The molecular weight excluding hydrogens is 334 g/mol. The number of methoxy groups -OCH3 is 1. The van der Waals surface area contributed by atoms with Gasteiger partial charge in [-0.05, 0) is 30.5 Å². The standard InChI is InChI=1S/C19H19N3O4/c1-25-13-4-2-3-11(7-13)9-21-10-12(8-20-21)22-18(23)16-14-5-6-15(26-14)17(16)19(22)24/h2-4,7-8,10,14-17H,5-6,9H2,1H3/t14-,15+,16-,17+. The number of benzene rings is 1. The number of aromatic nitrogens is 2. The van der Waals surface area contributed by atoms with E-state index in [0.717, 1.165) is 24.2 Å². The average molecular weight is 353 g/mol. The zero-order chi connectivity index (χ0) is 17.8. The van der Waals surface area contributed by atoms with E-state index in [1.165, 1.54) is 4.90 Å². The van der Waals surface area contributed by atoms with Crippen LogP contribution in [-0.4, -0.2) is 40.9 Å². The molecule has 3 aliphatic rings. The summed E-state index contributed by atoms with van der Waals surface area (Å²) in [5.41, 5.74) is 1.57. The normalized spacial score (nSPS) is 29.5. The maximum atomic E-state index is 12.8. The summed E-state index contributed by atoms with van der Waals surface area (Å²) in [5, 5.41) is 4.33. The number of rotatable bonds is 4. The molecule has 0 saturated carbocycles. The lowest BCUT2D eigenvalue weighted by Gasteiger charge is -2.15. The van der Waals surface area contributed by atoms with E-state index in [1.807, 2.05) is 24.3 Å². The predicted octanol–water partition coefficient (Wildman–Crippen LogP) is 1.61. The molecule has 7 nitrogen and oxygen atoms in total. The summed E-state index contributed by atoms with van der Waals surface area (Å²) in [5.74, 6) is -0.143. The molecular formula is C19H19N3O4. The van der Waals surface area contributed by atoms with Crippen molar-refractivity contribution in [3.05, 3.63) is 42.2 Å². The smallest absolute Gasteiger partial charge is 0.240 e. The summed E-state index contributed by atoms with van der Waals surface area (Å²) in [7, 11) is 1.63. The number of ether oxygens (including phenoxy) is 2. The highest BCUT2D eigenvalue weighted by molar-refractivity contribution is 6.22. The van der Waals surface area contributed by atoms with Gasteiger partial charge in [0.2, 0.25) is 11.8 Å². The SMILES string of the molecule is COc1cccc(Cn2cc(N3C(=O)[C@@H]4[C@H](C3=O)[C@H]3CC[C@@H]4O3)cn2)c1. The van der Waals surface area contributed by atoms with Gasteiger partial charge in [0.15, 0.2) is 0 Å². The van der Waals surface area contributed by atoms with Gasteiger partial charge >= 0.3 is 0 Å². The van der Waals surface area contributed by atoms with Crippen molar-refractivity contribution in [1.29, 1.82) is 0 Å². The molecule has 2 aromatic rings. The summed E-state index contributed by atoms with van der Waals surface area (Å²) in [6.07, 6.45) is 4.87. The fraction of sp³-hybridized carbons (Fsp3) is 0.421. The molecule has 3 fully saturated rings. The maximum absolute atomic E-state index is 12.8.